The number of nitrogens with one attached hydrogen (secondary N) is 1. The monoisotopic (exact) mass is 518 g/mol. The van der Waals surface area contributed by atoms with Crippen LogP contribution in [0.1, 0.15) is 24.2 Å². The van der Waals surface area contributed by atoms with E-state index in [1.54, 1.807) is 31.4 Å². The molecule has 1 N–H and O–H groups in total. The van der Waals surface area contributed by atoms with Gasteiger partial charge in [-0.15, -0.1) is 24.0 Å². The second-order valence-electron chi connectivity index (χ2n) is 6.61. The molecule has 1 aliphatic rings. The number of hydrogen-bond donors (Lipinski definition) is 1. The first-order valence-corrected chi connectivity index (χ1v) is 9.40. The lowest BCUT2D eigenvalue weighted by atomic mass is 10.1. The summed E-state index contributed by atoms with van der Waals surface area (Å²) in [6.07, 6.45) is 2.54. The number of nitrogens with zero attached hydrogens (tertiary/aromatic N) is 3. The van der Waals surface area contributed by atoms with Gasteiger partial charge in [-0.3, -0.25) is 4.99 Å². The van der Waals surface area contributed by atoms with E-state index in [4.69, 9.17) is 16.3 Å². The van der Waals surface area contributed by atoms with Crippen molar-refractivity contribution in [1.29, 1.82) is 0 Å². The van der Waals surface area contributed by atoms with Gasteiger partial charge in [-0.25, -0.2) is 9.37 Å². The van der Waals surface area contributed by atoms with E-state index >= 15 is 0 Å². The summed E-state index contributed by atoms with van der Waals surface area (Å²) in [6, 6.07) is 10.3. The zero-order valence-electron chi connectivity index (χ0n) is 15.9. The molecular weight excluding hydrogens is 494 g/mol. The van der Waals surface area contributed by atoms with Gasteiger partial charge >= 0.3 is 0 Å². The quantitative estimate of drug-likeness (QED) is 0.287. The van der Waals surface area contributed by atoms with Crippen LogP contribution in [0.4, 0.5) is 4.39 Å². The lowest BCUT2D eigenvalue weighted by molar-refractivity contribution is -0.0604. The minimum absolute atomic E-state index is 0. The summed E-state index contributed by atoms with van der Waals surface area (Å²) in [4.78, 5) is 10.7. The van der Waals surface area contributed by atoms with Crippen LogP contribution in [0.25, 0.3) is 0 Å². The number of aliphatic imine (C=N–C) groups is 1. The molecule has 5 nitrogen and oxygen atoms in total. The van der Waals surface area contributed by atoms with E-state index in [0.29, 0.717) is 11.7 Å². The lowest BCUT2D eigenvalue weighted by Gasteiger charge is -2.38. The number of morpholine rings is 1. The van der Waals surface area contributed by atoms with E-state index in [-0.39, 0.29) is 42.0 Å². The number of pyridine rings is 1. The molecule has 0 radical (unpaired) electrons. The Morgan fingerprint density at radius 2 is 2.04 bits per heavy atom. The Kier molecular flexibility index (Phi) is 8.91. The average Bonchev–Trinajstić information content (AvgIpc) is 2.67. The van der Waals surface area contributed by atoms with Gasteiger partial charge in [0.2, 0.25) is 0 Å². The molecule has 3 rings (SSSR count). The third-order valence-corrected chi connectivity index (χ3v) is 4.72. The molecule has 28 heavy (non-hydrogen) atoms. The van der Waals surface area contributed by atoms with Crippen molar-refractivity contribution in [3.63, 3.8) is 0 Å². The van der Waals surface area contributed by atoms with Crippen molar-refractivity contribution in [2.24, 2.45) is 4.99 Å². The van der Waals surface area contributed by atoms with Gasteiger partial charge in [0.1, 0.15) is 17.1 Å². The van der Waals surface area contributed by atoms with Gasteiger partial charge in [0.15, 0.2) is 5.96 Å². The molecule has 0 amide bonds. The van der Waals surface area contributed by atoms with Gasteiger partial charge in [0, 0.05) is 26.3 Å². The first kappa shape index (κ1) is 22.8. The summed E-state index contributed by atoms with van der Waals surface area (Å²) in [5, 5.41) is 3.90. The smallest absolute Gasteiger partial charge is 0.193 e. The van der Waals surface area contributed by atoms with E-state index in [1.807, 2.05) is 13.0 Å². The lowest BCUT2D eigenvalue weighted by Crippen LogP contribution is -2.51. The minimum Gasteiger partial charge on any atom is -0.367 e. The zero-order chi connectivity index (χ0) is 19.2. The van der Waals surface area contributed by atoms with Crippen LogP contribution >= 0.6 is 35.6 Å². The van der Waals surface area contributed by atoms with Crippen LogP contribution in [-0.2, 0) is 11.2 Å². The summed E-state index contributed by atoms with van der Waals surface area (Å²) in [7, 11) is 1.78. The molecule has 0 spiro atoms. The standard InChI is InChI=1S/C20H24ClFN4O.HI/c1-14-12-26(13-18(27-14)16-4-6-17(22)7-5-16)20(23-2)24-10-9-15-3-8-19(21)25-11-15;/h3-8,11,14,18H,9-10,12-13H2,1-2H3,(H,23,24);1H. The molecule has 1 aliphatic heterocycles. The van der Waals surface area contributed by atoms with E-state index in [2.05, 4.69) is 20.2 Å². The van der Waals surface area contributed by atoms with Crippen molar-refractivity contribution in [1.82, 2.24) is 15.2 Å². The van der Waals surface area contributed by atoms with Crippen LogP contribution in [0.15, 0.2) is 47.6 Å². The maximum atomic E-state index is 13.2. The molecule has 8 heteroatoms. The zero-order valence-corrected chi connectivity index (χ0v) is 19.0. The predicted octanol–water partition coefficient (Wildman–Crippen LogP) is 4.07. The fourth-order valence-corrected chi connectivity index (χ4v) is 3.30. The second-order valence-corrected chi connectivity index (χ2v) is 6.99. The first-order valence-electron chi connectivity index (χ1n) is 9.02. The Morgan fingerprint density at radius 1 is 1.29 bits per heavy atom. The molecule has 0 aliphatic carbocycles. The summed E-state index contributed by atoms with van der Waals surface area (Å²) < 4.78 is 19.3. The average molecular weight is 519 g/mol. The number of guanidine groups is 1. The molecule has 1 aromatic heterocycles. The number of aromatic nitrogens is 1. The van der Waals surface area contributed by atoms with Gasteiger partial charge in [-0.2, -0.15) is 0 Å². The maximum Gasteiger partial charge on any atom is 0.193 e. The van der Waals surface area contributed by atoms with Crippen LogP contribution < -0.4 is 5.32 Å². The Bertz CT molecular complexity index is 773. The van der Waals surface area contributed by atoms with Crippen LogP contribution in [0.2, 0.25) is 5.15 Å². The highest BCUT2D eigenvalue weighted by atomic mass is 127. The van der Waals surface area contributed by atoms with E-state index in [1.165, 1.54) is 12.1 Å². The van der Waals surface area contributed by atoms with E-state index < -0.39 is 0 Å². The highest BCUT2D eigenvalue weighted by molar-refractivity contribution is 14.0. The third kappa shape index (κ3) is 6.28. The van der Waals surface area contributed by atoms with Crippen LogP contribution in [0.3, 0.4) is 0 Å². The molecule has 0 saturated carbocycles. The normalized spacial score (nSPS) is 19.9. The minimum atomic E-state index is -0.242. The van der Waals surface area contributed by atoms with Crippen molar-refractivity contribution < 1.29 is 9.13 Å². The van der Waals surface area contributed by atoms with Crippen molar-refractivity contribution in [3.05, 3.63) is 64.7 Å². The van der Waals surface area contributed by atoms with Crippen LogP contribution in [0.5, 0.6) is 0 Å². The van der Waals surface area contributed by atoms with Crippen molar-refractivity contribution in [2.75, 3.05) is 26.7 Å². The van der Waals surface area contributed by atoms with Crippen LogP contribution in [-0.4, -0.2) is 48.6 Å². The summed E-state index contributed by atoms with van der Waals surface area (Å²) in [5.41, 5.74) is 2.08. The molecule has 1 fully saturated rings. The van der Waals surface area contributed by atoms with Gasteiger partial charge in [0.25, 0.3) is 0 Å². The molecular formula is C20H25ClFIN4O. The number of ether oxygens (including phenoxy) is 1. The largest absolute Gasteiger partial charge is 0.367 e. The van der Waals surface area contributed by atoms with Gasteiger partial charge in [0.05, 0.1) is 12.6 Å². The fraction of sp³-hybridized carbons (Fsp3) is 0.400. The van der Waals surface area contributed by atoms with E-state index in [0.717, 1.165) is 36.6 Å². The fourth-order valence-electron chi connectivity index (χ4n) is 3.19. The number of hydrogen-bond acceptors (Lipinski definition) is 3. The number of halogens is 3. The molecule has 2 unspecified atom stereocenters. The first-order chi connectivity index (χ1) is 13.0. The highest BCUT2D eigenvalue weighted by Crippen LogP contribution is 2.25. The van der Waals surface area contributed by atoms with Crippen molar-refractivity contribution in [2.45, 2.75) is 25.6 Å². The van der Waals surface area contributed by atoms with E-state index in [9.17, 15) is 4.39 Å². The van der Waals surface area contributed by atoms with Gasteiger partial charge in [-0.1, -0.05) is 29.8 Å². The summed E-state index contributed by atoms with van der Waals surface area (Å²) >= 11 is 5.82. The molecule has 2 atom stereocenters. The summed E-state index contributed by atoms with van der Waals surface area (Å²) in [5.74, 6) is 0.591. The molecule has 1 aromatic carbocycles. The topological polar surface area (TPSA) is 49.8 Å². The van der Waals surface area contributed by atoms with Gasteiger partial charge < -0.3 is 15.0 Å². The Balaban J connectivity index is 0.00000280. The Hall–Kier alpha value is -1.45. The third-order valence-electron chi connectivity index (χ3n) is 4.50. The number of benzene rings is 1. The highest BCUT2D eigenvalue weighted by Gasteiger charge is 2.28. The molecule has 1 saturated heterocycles. The molecule has 2 heterocycles. The van der Waals surface area contributed by atoms with Gasteiger partial charge in [-0.05, 0) is 42.7 Å². The number of rotatable bonds is 4. The Labute approximate surface area is 187 Å². The van der Waals surface area contributed by atoms with Crippen molar-refractivity contribution >= 4 is 41.5 Å². The SMILES string of the molecule is CN=C(NCCc1ccc(Cl)nc1)N1CC(C)OC(c2ccc(F)cc2)C1.I. The Morgan fingerprint density at radius 3 is 2.68 bits per heavy atom. The van der Waals surface area contributed by atoms with Crippen LogP contribution in [0, 0.1) is 5.82 Å². The second kappa shape index (κ2) is 10.9. The molecule has 2 aromatic rings. The summed E-state index contributed by atoms with van der Waals surface area (Å²) in [6.45, 7) is 4.19. The maximum absolute atomic E-state index is 13.2. The predicted molar refractivity (Wildman–Crippen MR) is 121 cm³/mol. The molecule has 0 bridgehead atoms. The van der Waals surface area contributed by atoms with Crippen molar-refractivity contribution in [3.8, 4) is 0 Å². The molecule has 152 valence electrons.